The Hall–Kier alpha value is -1.69. The average Bonchev–Trinajstić information content (AvgIpc) is 2.93. The number of nitrogens with one attached hydrogen (secondary N) is 1. The van der Waals surface area contributed by atoms with Gasteiger partial charge in [0.2, 0.25) is 0 Å². The summed E-state index contributed by atoms with van der Waals surface area (Å²) in [4.78, 5) is 8.42. The first-order valence-corrected chi connectivity index (χ1v) is 7.55. The Morgan fingerprint density at radius 1 is 1.14 bits per heavy atom. The Labute approximate surface area is 134 Å². The Kier molecular flexibility index (Phi) is 4.05. The molecule has 0 fully saturated rings. The molecule has 0 saturated carbocycles. The second-order valence-corrected chi connectivity index (χ2v) is 5.81. The summed E-state index contributed by atoms with van der Waals surface area (Å²) in [6.07, 6.45) is 1.62. The molecular weight excluding hydrogens is 332 g/mol. The van der Waals surface area contributed by atoms with Crippen molar-refractivity contribution >= 4 is 45.4 Å². The predicted molar refractivity (Wildman–Crippen MR) is 85.0 cm³/mol. The van der Waals surface area contributed by atoms with Crippen LogP contribution in [0.15, 0.2) is 41.9 Å². The summed E-state index contributed by atoms with van der Waals surface area (Å²) < 4.78 is 13.2. The third kappa shape index (κ3) is 3.32. The minimum absolute atomic E-state index is 0.0805. The molecular formula is C14H8Cl2FN3S. The second kappa shape index (κ2) is 5.97. The van der Waals surface area contributed by atoms with Crippen molar-refractivity contribution in [1.82, 2.24) is 9.97 Å². The SMILES string of the molecule is Fc1ccc(-c2csc(Nc3ccc(Cl)nc3)n2)cc1Cl. The molecule has 1 N–H and O–H groups in total. The fourth-order valence-corrected chi connectivity index (χ4v) is 2.72. The monoisotopic (exact) mass is 339 g/mol. The van der Waals surface area contributed by atoms with E-state index in [4.69, 9.17) is 23.2 Å². The van der Waals surface area contributed by atoms with Crippen LogP contribution in [-0.4, -0.2) is 9.97 Å². The van der Waals surface area contributed by atoms with Gasteiger partial charge in [-0.2, -0.15) is 0 Å². The van der Waals surface area contributed by atoms with Crippen LogP contribution in [0.4, 0.5) is 15.2 Å². The molecule has 0 saturated heterocycles. The van der Waals surface area contributed by atoms with Crippen LogP contribution in [0, 0.1) is 5.82 Å². The number of rotatable bonds is 3. The van der Waals surface area contributed by atoms with Crippen LogP contribution in [0.3, 0.4) is 0 Å². The van der Waals surface area contributed by atoms with E-state index in [0.29, 0.717) is 10.3 Å². The third-order valence-corrected chi connectivity index (χ3v) is 3.97. The molecule has 0 unspecified atom stereocenters. The van der Waals surface area contributed by atoms with Gasteiger partial charge >= 0.3 is 0 Å². The molecule has 21 heavy (non-hydrogen) atoms. The van der Waals surface area contributed by atoms with Crippen LogP contribution in [0.1, 0.15) is 0 Å². The number of hydrogen-bond acceptors (Lipinski definition) is 4. The Bertz CT molecular complexity index is 774. The fraction of sp³-hybridized carbons (Fsp3) is 0. The molecule has 2 heterocycles. The Balaban J connectivity index is 1.82. The van der Waals surface area contributed by atoms with Crippen molar-refractivity contribution in [2.75, 3.05) is 5.32 Å². The van der Waals surface area contributed by atoms with Gasteiger partial charge in [-0.05, 0) is 30.3 Å². The maximum absolute atomic E-state index is 13.2. The zero-order valence-electron chi connectivity index (χ0n) is 10.5. The number of aromatic nitrogens is 2. The minimum atomic E-state index is -0.443. The van der Waals surface area contributed by atoms with Crippen molar-refractivity contribution in [3.63, 3.8) is 0 Å². The molecule has 0 amide bonds. The number of pyridine rings is 1. The molecule has 0 atom stereocenters. The number of benzene rings is 1. The van der Waals surface area contributed by atoms with Crippen LogP contribution < -0.4 is 5.32 Å². The van der Waals surface area contributed by atoms with E-state index in [-0.39, 0.29) is 5.02 Å². The van der Waals surface area contributed by atoms with Gasteiger partial charge in [-0.3, -0.25) is 0 Å². The summed E-state index contributed by atoms with van der Waals surface area (Å²) in [5.41, 5.74) is 2.28. The normalized spacial score (nSPS) is 10.6. The highest BCUT2D eigenvalue weighted by molar-refractivity contribution is 7.14. The van der Waals surface area contributed by atoms with E-state index < -0.39 is 5.82 Å². The molecule has 3 nitrogen and oxygen atoms in total. The van der Waals surface area contributed by atoms with Gasteiger partial charge in [0.1, 0.15) is 11.0 Å². The van der Waals surface area contributed by atoms with Crippen molar-refractivity contribution in [2.45, 2.75) is 0 Å². The van der Waals surface area contributed by atoms with Gasteiger partial charge in [-0.25, -0.2) is 14.4 Å². The zero-order valence-corrected chi connectivity index (χ0v) is 12.8. The van der Waals surface area contributed by atoms with Gasteiger partial charge in [0.05, 0.1) is 22.6 Å². The number of hydrogen-bond donors (Lipinski definition) is 1. The van der Waals surface area contributed by atoms with Crippen molar-refractivity contribution in [1.29, 1.82) is 0 Å². The Morgan fingerprint density at radius 2 is 2.00 bits per heavy atom. The molecule has 7 heteroatoms. The van der Waals surface area contributed by atoms with Crippen molar-refractivity contribution < 1.29 is 4.39 Å². The third-order valence-electron chi connectivity index (χ3n) is 2.70. The lowest BCUT2D eigenvalue weighted by Crippen LogP contribution is -1.90. The summed E-state index contributed by atoms with van der Waals surface area (Å²) in [5.74, 6) is -0.443. The summed E-state index contributed by atoms with van der Waals surface area (Å²) in [6.45, 7) is 0. The topological polar surface area (TPSA) is 37.8 Å². The molecule has 0 bridgehead atoms. The van der Waals surface area contributed by atoms with E-state index in [9.17, 15) is 4.39 Å². The van der Waals surface area contributed by atoms with Gasteiger partial charge in [-0.15, -0.1) is 11.3 Å². The lowest BCUT2D eigenvalue weighted by molar-refractivity contribution is 0.628. The standard InChI is InChI=1S/C14H8Cl2FN3S/c15-10-5-8(1-3-11(10)17)12-7-21-14(20-12)19-9-2-4-13(16)18-6-9/h1-7H,(H,19,20). The van der Waals surface area contributed by atoms with E-state index in [0.717, 1.165) is 16.9 Å². The lowest BCUT2D eigenvalue weighted by atomic mass is 10.2. The number of nitrogens with zero attached hydrogens (tertiary/aromatic N) is 2. The molecule has 0 aliphatic rings. The average molecular weight is 340 g/mol. The molecule has 1 aromatic carbocycles. The maximum Gasteiger partial charge on any atom is 0.187 e. The minimum Gasteiger partial charge on any atom is -0.330 e. The first kappa shape index (κ1) is 14.3. The first-order chi connectivity index (χ1) is 10.1. The predicted octanol–water partition coefficient (Wildman–Crippen LogP) is 5.39. The van der Waals surface area contributed by atoms with Gasteiger partial charge in [0.15, 0.2) is 5.13 Å². The van der Waals surface area contributed by atoms with Crippen molar-refractivity contribution in [2.24, 2.45) is 0 Å². The highest BCUT2D eigenvalue weighted by atomic mass is 35.5. The van der Waals surface area contributed by atoms with E-state index in [1.807, 2.05) is 11.4 Å². The number of thiazole rings is 1. The summed E-state index contributed by atoms with van der Waals surface area (Å²) in [6, 6.07) is 8.03. The number of anilines is 2. The van der Waals surface area contributed by atoms with Crippen LogP contribution in [0.25, 0.3) is 11.3 Å². The first-order valence-electron chi connectivity index (χ1n) is 5.91. The summed E-state index contributed by atoms with van der Waals surface area (Å²) >= 11 is 12.9. The van der Waals surface area contributed by atoms with Crippen LogP contribution >= 0.6 is 34.5 Å². The van der Waals surface area contributed by atoms with Crippen LogP contribution in [0.2, 0.25) is 10.2 Å². The van der Waals surface area contributed by atoms with Crippen molar-refractivity contribution in [3.8, 4) is 11.3 Å². The smallest absolute Gasteiger partial charge is 0.187 e. The molecule has 0 aliphatic carbocycles. The summed E-state index contributed by atoms with van der Waals surface area (Å²) in [5, 5.41) is 6.21. The number of halogens is 3. The van der Waals surface area contributed by atoms with Crippen molar-refractivity contribution in [3.05, 3.63) is 57.9 Å². The lowest BCUT2D eigenvalue weighted by Gasteiger charge is -2.01. The van der Waals surface area contributed by atoms with Crippen LogP contribution in [-0.2, 0) is 0 Å². The highest BCUT2D eigenvalue weighted by Gasteiger charge is 2.07. The van der Waals surface area contributed by atoms with E-state index >= 15 is 0 Å². The quantitative estimate of drug-likeness (QED) is 0.649. The molecule has 0 aliphatic heterocycles. The highest BCUT2D eigenvalue weighted by Crippen LogP contribution is 2.29. The Morgan fingerprint density at radius 3 is 2.71 bits per heavy atom. The van der Waals surface area contributed by atoms with Gasteiger partial charge in [-0.1, -0.05) is 23.2 Å². The summed E-state index contributed by atoms with van der Waals surface area (Å²) in [7, 11) is 0. The molecule has 2 aromatic heterocycles. The largest absolute Gasteiger partial charge is 0.330 e. The van der Waals surface area contributed by atoms with Crippen LogP contribution in [0.5, 0.6) is 0 Å². The van der Waals surface area contributed by atoms with Gasteiger partial charge in [0, 0.05) is 10.9 Å². The van der Waals surface area contributed by atoms with E-state index in [1.54, 1.807) is 24.4 Å². The van der Waals surface area contributed by atoms with Gasteiger partial charge < -0.3 is 5.32 Å². The maximum atomic E-state index is 13.2. The van der Waals surface area contributed by atoms with E-state index in [1.165, 1.54) is 17.4 Å². The van der Waals surface area contributed by atoms with Gasteiger partial charge in [0.25, 0.3) is 0 Å². The zero-order chi connectivity index (χ0) is 14.8. The molecule has 3 rings (SSSR count). The molecule has 106 valence electrons. The molecule has 3 aromatic rings. The molecule has 0 spiro atoms. The second-order valence-electron chi connectivity index (χ2n) is 4.16. The molecule has 0 radical (unpaired) electrons. The van der Waals surface area contributed by atoms with E-state index in [2.05, 4.69) is 15.3 Å². The fourth-order valence-electron chi connectivity index (χ4n) is 1.69.